The monoisotopic (exact) mass is 508 g/mol. The normalized spacial score (nSPS) is 17.0. The van der Waals surface area contributed by atoms with Crippen LogP contribution in [0.15, 0.2) is 54.1 Å². The molecule has 2 heterocycles. The highest BCUT2D eigenvalue weighted by molar-refractivity contribution is 7.18. The average molecular weight is 509 g/mol. The summed E-state index contributed by atoms with van der Waals surface area (Å²) < 4.78 is 19.3. The molecule has 1 aliphatic rings. The van der Waals surface area contributed by atoms with Crippen LogP contribution in [0.25, 0.3) is 5.76 Å². The van der Waals surface area contributed by atoms with Gasteiger partial charge in [0, 0.05) is 12.5 Å². The van der Waals surface area contributed by atoms with Gasteiger partial charge >= 0.3 is 5.91 Å². The van der Waals surface area contributed by atoms with Crippen molar-refractivity contribution >= 4 is 39.7 Å². The first-order valence-corrected chi connectivity index (χ1v) is 12.3. The number of carbonyl (C=O) groups excluding carboxylic acids is 3. The molecule has 1 fully saturated rings. The molecule has 36 heavy (non-hydrogen) atoms. The molecule has 4 rings (SSSR count). The van der Waals surface area contributed by atoms with Crippen molar-refractivity contribution in [3.05, 3.63) is 81.6 Å². The third-order valence-corrected chi connectivity index (χ3v) is 7.07. The number of unbranched alkanes of at least 4 members (excludes halogenated alkanes) is 1. The Kier molecular flexibility index (Phi) is 7.30. The third-order valence-electron chi connectivity index (χ3n) is 5.81. The van der Waals surface area contributed by atoms with E-state index in [1.54, 1.807) is 31.2 Å². The van der Waals surface area contributed by atoms with Gasteiger partial charge in [-0.1, -0.05) is 36.8 Å². The van der Waals surface area contributed by atoms with Gasteiger partial charge in [-0.05, 0) is 55.3 Å². The molecular weight excluding hydrogens is 483 g/mol. The minimum Gasteiger partial charge on any atom is -0.507 e. The van der Waals surface area contributed by atoms with Gasteiger partial charge in [-0.2, -0.15) is 0 Å². The second-order valence-electron chi connectivity index (χ2n) is 8.42. The lowest BCUT2D eigenvalue weighted by Crippen LogP contribution is -2.29. The van der Waals surface area contributed by atoms with Crippen LogP contribution in [0, 0.1) is 12.7 Å². The van der Waals surface area contributed by atoms with Crippen molar-refractivity contribution in [2.45, 2.75) is 39.7 Å². The summed E-state index contributed by atoms with van der Waals surface area (Å²) in [5.74, 6) is -2.38. The van der Waals surface area contributed by atoms with Crippen molar-refractivity contribution in [3.63, 3.8) is 0 Å². The van der Waals surface area contributed by atoms with Crippen molar-refractivity contribution in [3.8, 4) is 5.75 Å². The lowest BCUT2D eigenvalue weighted by molar-refractivity contribution is -0.132. The summed E-state index contributed by atoms with van der Waals surface area (Å²) in [6, 6.07) is 10.9. The maximum atomic E-state index is 13.5. The maximum absolute atomic E-state index is 13.5. The highest BCUT2D eigenvalue weighted by Gasteiger charge is 2.48. The zero-order chi connectivity index (χ0) is 26.0. The highest BCUT2D eigenvalue weighted by Crippen LogP contribution is 2.44. The topological polar surface area (TPSA) is 96.8 Å². The molecular formula is C27H25FN2O5S. The molecule has 0 saturated carbocycles. The zero-order valence-electron chi connectivity index (χ0n) is 20.1. The van der Waals surface area contributed by atoms with Gasteiger partial charge in [0.2, 0.25) is 0 Å². The summed E-state index contributed by atoms with van der Waals surface area (Å²) >= 11 is 1.01. The van der Waals surface area contributed by atoms with Crippen LogP contribution in [0.3, 0.4) is 0 Å². The fourth-order valence-electron chi connectivity index (χ4n) is 4.03. The molecule has 9 heteroatoms. The molecule has 0 bridgehead atoms. The number of amides is 1. The van der Waals surface area contributed by atoms with Gasteiger partial charge in [0.05, 0.1) is 28.8 Å². The number of hydrogen-bond donors (Lipinski definition) is 1. The predicted octanol–water partition coefficient (Wildman–Crippen LogP) is 5.60. The molecule has 1 atom stereocenters. The smallest absolute Gasteiger partial charge is 0.301 e. The number of ketones is 2. The molecule has 3 aromatic rings. The number of benzene rings is 2. The van der Waals surface area contributed by atoms with Gasteiger partial charge in [-0.25, -0.2) is 9.37 Å². The van der Waals surface area contributed by atoms with Crippen LogP contribution in [-0.2, 0) is 9.59 Å². The van der Waals surface area contributed by atoms with Crippen molar-refractivity contribution in [1.29, 1.82) is 0 Å². The number of Topliss-reactive ketones (excluding diaryl/α,β-unsaturated/α-hetero) is 2. The minimum absolute atomic E-state index is 0.158. The van der Waals surface area contributed by atoms with Crippen LogP contribution >= 0.6 is 11.3 Å². The molecule has 2 aromatic carbocycles. The van der Waals surface area contributed by atoms with Crippen LogP contribution in [0.5, 0.6) is 5.75 Å². The molecule has 0 aliphatic carbocycles. The highest BCUT2D eigenvalue weighted by atomic mass is 32.1. The van der Waals surface area contributed by atoms with Crippen molar-refractivity contribution in [2.24, 2.45) is 0 Å². The summed E-state index contributed by atoms with van der Waals surface area (Å²) in [7, 11) is 0. The lowest BCUT2D eigenvalue weighted by Gasteiger charge is -2.23. The van der Waals surface area contributed by atoms with Crippen molar-refractivity contribution < 1.29 is 28.6 Å². The van der Waals surface area contributed by atoms with Crippen LogP contribution in [0.4, 0.5) is 9.52 Å². The van der Waals surface area contributed by atoms with Crippen LogP contribution in [0.2, 0.25) is 0 Å². The Bertz CT molecular complexity index is 1360. The van der Waals surface area contributed by atoms with Gasteiger partial charge in [-0.15, -0.1) is 0 Å². The van der Waals surface area contributed by atoms with E-state index in [9.17, 15) is 23.9 Å². The number of thiazole rings is 1. The van der Waals surface area contributed by atoms with Crippen molar-refractivity contribution in [1.82, 2.24) is 4.98 Å². The van der Waals surface area contributed by atoms with Crippen LogP contribution in [0.1, 0.15) is 59.2 Å². The predicted molar refractivity (Wildman–Crippen MR) is 135 cm³/mol. The molecule has 7 nitrogen and oxygen atoms in total. The van der Waals surface area contributed by atoms with E-state index >= 15 is 0 Å². The van der Waals surface area contributed by atoms with Gasteiger partial charge in [0.25, 0.3) is 5.78 Å². The number of halogens is 1. The number of hydrogen-bond acceptors (Lipinski definition) is 7. The van der Waals surface area contributed by atoms with E-state index in [1.165, 1.54) is 24.0 Å². The van der Waals surface area contributed by atoms with Gasteiger partial charge in [0.15, 0.2) is 10.9 Å². The Morgan fingerprint density at radius 1 is 1.19 bits per heavy atom. The minimum atomic E-state index is -1.03. The average Bonchev–Trinajstić information content (AvgIpc) is 3.36. The maximum Gasteiger partial charge on any atom is 0.301 e. The SMILES string of the molecule is CCCCOc1cccc(C2C(=C(O)c3ccc(F)cc3)C(=O)C(=O)N2c2nc(C)c(C(C)=O)s2)c1. The van der Waals surface area contributed by atoms with E-state index in [0.29, 0.717) is 28.5 Å². The quantitative estimate of drug-likeness (QED) is 0.140. The first-order chi connectivity index (χ1) is 17.2. The Morgan fingerprint density at radius 3 is 2.56 bits per heavy atom. The van der Waals surface area contributed by atoms with Crippen LogP contribution in [-0.4, -0.2) is 34.2 Å². The summed E-state index contributed by atoms with van der Waals surface area (Å²) in [6.07, 6.45) is 1.82. The number of nitrogens with zero attached hydrogens (tertiary/aromatic N) is 2. The van der Waals surface area contributed by atoms with Gasteiger partial charge < -0.3 is 9.84 Å². The van der Waals surface area contributed by atoms with Crippen LogP contribution < -0.4 is 9.64 Å². The largest absolute Gasteiger partial charge is 0.507 e. The fourth-order valence-corrected chi connectivity index (χ4v) is 5.02. The zero-order valence-corrected chi connectivity index (χ0v) is 20.9. The molecule has 186 valence electrons. The lowest BCUT2D eigenvalue weighted by atomic mass is 9.95. The molecule has 1 unspecified atom stereocenters. The molecule has 1 aromatic heterocycles. The first kappa shape index (κ1) is 25.2. The second-order valence-corrected chi connectivity index (χ2v) is 9.40. The Balaban J connectivity index is 1.89. The Hall–Kier alpha value is -3.85. The van der Waals surface area contributed by atoms with Crippen molar-refractivity contribution in [2.75, 3.05) is 11.5 Å². The molecule has 1 aliphatic heterocycles. The van der Waals surface area contributed by atoms with E-state index in [4.69, 9.17) is 4.74 Å². The third kappa shape index (κ3) is 4.79. The number of aliphatic hydroxyl groups excluding tert-OH is 1. The molecule has 0 spiro atoms. The number of aliphatic hydroxyl groups is 1. The summed E-state index contributed by atoms with van der Waals surface area (Å²) in [4.78, 5) is 44.6. The number of aryl methyl sites for hydroxylation is 1. The molecule has 1 saturated heterocycles. The number of anilines is 1. The summed E-state index contributed by atoms with van der Waals surface area (Å²) in [5, 5.41) is 11.3. The van der Waals surface area contributed by atoms with E-state index in [2.05, 4.69) is 4.98 Å². The second kappa shape index (κ2) is 10.4. The van der Waals surface area contributed by atoms with E-state index in [-0.39, 0.29) is 22.1 Å². The van der Waals surface area contributed by atoms with Gasteiger partial charge in [0.1, 0.15) is 17.3 Å². The molecule has 1 amide bonds. The Morgan fingerprint density at radius 2 is 1.92 bits per heavy atom. The number of ether oxygens (including phenoxy) is 1. The van der Waals surface area contributed by atoms with Gasteiger partial charge in [-0.3, -0.25) is 19.3 Å². The number of aromatic nitrogens is 1. The number of carbonyl (C=O) groups is 3. The molecule has 0 radical (unpaired) electrons. The number of rotatable bonds is 8. The Labute approximate surface area is 211 Å². The van der Waals surface area contributed by atoms with E-state index < -0.39 is 29.3 Å². The van der Waals surface area contributed by atoms with E-state index in [1.807, 2.05) is 6.92 Å². The molecule has 1 N–H and O–H groups in total. The fraction of sp³-hybridized carbons (Fsp3) is 0.259. The summed E-state index contributed by atoms with van der Waals surface area (Å²) in [6.45, 7) is 5.61. The standard InChI is InChI=1S/C27H25FN2O5S/c1-4-5-13-35-20-8-6-7-18(14-20)22-21(23(32)17-9-11-19(28)12-10-17)24(33)26(34)30(22)27-29-15(2)25(36-27)16(3)31/h6-12,14,22,32H,4-5,13H2,1-3H3. The van der Waals surface area contributed by atoms with E-state index in [0.717, 1.165) is 36.3 Å². The summed E-state index contributed by atoms with van der Waals surface area (Å²) in [5.41, 5.74) is 0.992. The first-order valence-electron chi connectivity index (χ1n) is 11.5.